The zero-order valence-electron chi connectivity index (χ0n) is 16.2. The minimum atomic E-state index is -0.834. The van der Waals surface area contributed by atoms with Crippen molar-refractivity contribution in [3.05, 3.63) is 99.5 Å². The van der Waals surface area contributed by atoms with Gasteiger partial charge in [-0.25, -0.2) is 9.69 Å². The molecule has 3 aromatic rings. The lowest BCUT2D eigenvalue weighted by Crippen LogP contribution is -2.54. The number of halogens is 1. The van der Waals surface area contributed by atoms with Gasteiger partial charge in [0.25, 0.3) is 11.8 Å². The van der Waals surface area contributed by atoms with Crippen LogP contribution in [0.4, 0.5) is 10.5 Å². The third kappa shape index (κ3) is 4.27. The molecule has 154 valence electrons. The summed E-state index contributed by atoms with van der Waals surface area (Å²) >= 11 is 3.55. The number of aromatic hydroxyl groups is 1. The second-order valence-corrected chi connectivity index (χ2v) is 7.80. The highest BCUT2D eigenvalue weighted by molar-refractivity contribution is 9.10. The lowest BCUT2D eigenvalue weighted by Gasteiger charge is -2.26. The molecule has 0 radical (unpaired) electrons. The van der Waals surface area contributed by atoms with Crippen molar-refractivity contribution in [2.45, 2.75) is 6.42 Å². The molecule has 1 aliphatic heterocycles. The fourth-order valence-corrected chi connectivity index (χ4v) is 3.76. The number of nitrogens with one attached hydrogen (secondary N) is 1. The third-order valence-corrected chi connectivity index (χ3v) is 5.68. The van der Waals surface area contributed by atoms with Crippen LogP contribution in [0.3, 0.4) is 0 Å². The predicted octanol–water partition coefficient (Wildman–Crippen LogP) is 4.41. The van der Waals surface area contributed by atoms with Gasteiger partial charge < -0.3 is 5.11 Å². The van der Waals surface area contributed by atoms with Crippen LogP contribution in [0.2, 0.25) is 0 Å². The van der Waals surface area contributed by atoms with E-state index in [4.69, 9.17) is 0 Å². The molecule has 1 aliphatic rings. The number of carbonyl (C=O) groups excluding carboxylic acids is 3. The third-order valence-electron chi connectivity index (χ3n) is 4.90. The van der Waals surface area contributed by atoms with Crippen LogP contribution < -0.4 is 10.2 Å². The van der Waals surface area contributed by atoms with Crippen LogP contribution in [-0.2, 0) is 16.0 Å². The minimum Gasteiger partial charge on any atom is -0.508 e. The van der Waals surface area contributed by atoms with Crippen molar-refractivity contribution >= 4 is 45.5 Å². The zero-order chi connectivity index (χ0) is 22.0. The maximum atomic E-state index is 13.1. The Morgan fingerprint density at radius 2 is 1.52 bits per heavy atom. The molecule has 0 bridgehead atoms. The number of hydrogen-bond acceptors (Lipinski definition) is 4. The first-order valence-electron chi connectivity index (χ1n) is 9.46. The molecule has 1 saturated heterocycles. The first-order valence-corrected chi connectivity index (χ1v) is 10.2. The Labute approximate surface area is 186 Å². The Kier molecular flexibility index (Phi) is 5.68. The molecule has 0 spiro atoms. The van der Waals surface area contributed by atoms with Gasteiger partial charge in [-0.2, -0.15) is 0 Å². The number of hydrogen-bond donors (Lipinski definition) is 2. The van der Waals surface area contributed by atoms with Crippen LogP contribution in [0.25, 0.3) is 6.08 Å². The fourth-order valence-electron chi connectivity index (χ4n) is 3.33. The first kappa shape index (κ1) is 20.6. The molecule has 1 fully saturated rings. The molecular weight excluding hydrogens is 460 g/mol. The quantitative estimate of drug-likeness (QED) is 0.431. The Morgan fingerprint density at radius 3 is 2.23 bits per heavy atom. The molecule has 31 heavy (non-hydrogen) atoms. The minimum absolute atomic E-state index is 0.00135. The summed E-state index contributed by atoms with van der Waals surface area (Å²) < 4.78 is 0.966. The van der Waals surface area contributed by atoms with E-state index in [0.717, 1.165) is 20.5 Å². The van der Waals surface area contributed by atoms with Crippen molar-refractivity contribution in [1.82, 2.24) is 5.32 Å². The monoisotopic (exact) mass is 476 g/mol. The number of urea groups is 1. The Balaban J connectivity index is 1.71. The van der Waals surface area contributed by atoms with Gasteiger partial charge in [0.05, 0.1) is 5.69 Å². The number of imide groups is 2. The lowest BCUT2D eigenvalue weighted by molar-refractivity contribution is -0.122. The molecule has 0 atom stereocenters. The highest BCUT2D eigenvalue weighted by atomic mass is 79.9. The molecule has 1 heterocycles. The average Bonchev–Trinajstić information content (AvgIpc) is 2.75. The molecule has 0 aromatic heterocycles. The molecule has 0 saturated carbocycles. The smallest absolute Gasteiger partial charge is 0.335 e. The first-order chi connectivity index (χ1) is 14.9. The normalized spacial score (nSPS) is 15.3. The summed E-state index contributed by atoms with van der Waals surface area (Å²) in [6.07, 6.45) is 2.10. The van der Waals surface area contributed by atoms with E-state index < -0.39 is 17.8 Å². The van der Waals surface area contributed by atoms with Crippen molar-refractivity contribution in [2.24, 2.45) is 0 Å². The Morgan fingerprint density at radius 1 is 0.871 bits per heavy atom. The molecule has 2 N–H and O–H groups in total. The zero-order valence-corrected chi connectivity index (χ0v) is 17.8. The SMILES string of the molecule is O=C1NC(=O)N(c2ccc(O)cc2)C(=O)/C1=C/c1ccccc1Cc1ccccc1Br. The van der Waals surface area contributed by atoms with Gasteiger partial charge >= 0.3 is 6.03 Å². The number of amides is 4. The fraction of sp³-hybridized carbons (Fsp3) is 0.0417. The number of barbiturate groups is 1. The van der Waals surface area contributed by atoms with Crippen LogP contribution in [0.5, 0.6) is 5.75 Å². The van der Waals surface area contributed by atoms with Gasteiger partial charge in [-0.05, 0) is 59.5 Å². The molecule has 0 aliphatic carbocycles. The van der Waals surface area contributed by atoms with Crippen LogP contribution in [0.15, 0.2) is 82.8 Å². The predicted molar refractivity (Wildman–Crippen MR) is 120 cm³/mol. The van der Waals surface area contributed by atoms with Crippen LogP contribution >= 0.6 is 15.9 Å². The van der Waals surface area contributed by atoms with Gasteiger partial charge in [0, 0.05) is 4.47 Å². The maximum absolute atomic E-state index is 13.1. The number of rotatable bonds is 4. The topological polar surface area (TPSA) is 86.7 Å². The Hall–Kier alpha value is -3.71. The van der Waals surface area contributed by atoms with Gasteiger partial charge in [0.15, 0.2) is 0 Å². The lowest BCUT2D eigenvalue weighted by atomic mass is 9.97. The summed E-state index contributed by atoms with van der Waals surface area (Å²) in [4.78, 5) is 38.7. The molecule has 7 heteroatoms. The number of phenolic OH excluding ortho intramolecular Hbond substituents is 1. The van der Waals surface area contributed by atoms with Gasteiger partial charge in [-0.3, -0.25) is 14.9 Å². The molecule has 4 rings (SSSR count). The van der Waals surface area contributed by atoms with E-state index in [2.05, 4.69) is 21.2 Å². The number of benzene rings is 3. The molecule has 3 aromatic carbocycles. The van der Waals surface area contributed by atoms with Crippen molar-refractivity contribution in [2.75, 3.05) is 4.90 Å². The van der Waals surface area contributed by atoms with E-state index in [0.29, 0.717) is 12.0 Å². The summed E-state index contributed by atoms with van der Waals surface area (Å²) in [6, 6.07) is 20.1. The van der Waals surface area contributed by atoms with Crippen LogP contribution in [-0.4, -0.2) is 23.0 Å². The van der Waals surface area contributed by atoms with Crippen molar-refractivity contribution in [3.8, 4) is 5.75 Å². The van der Waals surface area contributed by atoms with E-state index in [9.17, 15) is 19.5 Å². The van der Waals surface area contributed by atoms with E-state index in [1.807, 2.05) is 48.5 Å². The number of carbonyl (C=O) groups is 3. The number of nitrogens with zero attached hydrogens (tertiary/aromatic N) is 1. The van der Waals surface area contributed by atoms with Crippen molar-refractivity contribution in [3.63, 3.8) is 0 Å². The van der Waals surface area contributed by atoms with Crippen LogP contribution in [0, 0.1) is 0 Å². The summed E-state index contributed by atoms with van der Waals surface area (Å²) in [5, 5.41) is 11.7. The van der Waals surface area contributed by atoms with E-state index in [1.54, 1.807) is 0 Å². The van der Waals surface area contributed by atoms with E-state index >= 15 is 0 Å². The summed E-state index contributed by atoms with van der Waals surface area (Å²) in [7, 11) is 0. The molecule has 6 nitrogen and oxygen atoms in total. The number of phenols is 1. The second-order valence-electron chi connectivity index (χ2n) is 6.94. The second kappa shape index (κ2) is 8.57. The molecule has 0 unspecified atom stereocenters. The summed E-state index contributed by atoms with van der Waals surface area (Å²) in [6.45, 7) is 0. The van der Waals surface area contributed by atoms with Crippen LogP contribution in [0.1, 0.15) is 16.7 Å². The van der Waals surface area contributed by atoms with Crippen molar-refractivity contribution in [1.29, 1.82) is 0 Å². The Bertz CT molecular complexity index is 1220. The average molecular weight is 477 g/mol. The van der Waals surface area contributed by atoms with Gasteiger partial charge in [-0.1, -0.05) is 58.4 Å². The van der Waals surface area contributed by atoms with E-state index in [-0.39, 0.29) is 17.0 Å². The van der Waals surface area contributed by atoms with Crippen molar-refractivity contribution < 1.29 is 19.5 Å². The molecule has 4 amide bonds. The van der Waals surface area contributed by atoms with Gasteiger partial charge in [0.1, 0.15) is 11.3 Å². The van der Waals surface area contributed by atoms with Gasteiger partial charge in [0.2, 0.25) is 0 Å². The van der Waals surface area contributed by atoms with E-state index in [1.165, 1.54) is 30.3 Å². The summed E-state index contributed by atoms with van der Waals surface area (Å²) in [5.41, 5.74) is 2.80. The highest BCUT2D eigenvalue weighted by Gasteiger charge is 2.36. The van der Waals surface area contributed by atoms with Gasteiger partial charge in [-0.15, -0.1) is 0 Å². The highest BCUT2D eigenvalue weighted by Crippen LogP contribution is 2.26. The maximum Gasteiger partial charge on any atom is 0.335 e. The largest absolute Gasteiger partial charge is 0.508 e. The molecular formula is C24H17BrN2O4. The number of anilines is 1. The standard InChI is InChI=1S/C24H17BrN2O4/c25-21-8-4-3-7-17(21)13-15-5-1-2-6-16(15)14-20-22(29)26-24(31)27(23(20)30)18-9-11-19(28)12-10-18/h1-12,14,28H,13H2,(H,26,29,31)/b20-14+. The summed E-state index contributed by atoms with van der Waals surface area (Å²) in [5.74, 6) is -1.47.